The van der Waals surface area contributed by atoms with Gasteiger partial charge in [-0.25, -0.2) is 4.39 Å². The van der Waals surface area contributed by atoms with Gasteiger partial charge in [-0.2, -0.15) is 0 Å². The molecule has 2 amide bonds. The van der Waals surface area contributed by atoms with Gasteiger partial charge in [0.1, 0.15) is 5.82 Å². The van der Waals surface area contributed by atoms with Gasteiger partial charge in [0.05, 0.1) is 12.2 Å². The number of benzene rings is 2. The minimum Gasteiger partial charge on any atom is -0.325 e. The summed E-state index contributed by atoms with van der Waals surface area (Å²) >= 11 is 2.44. The number of amides is 2. The van der Waals surface area contributed by atoms with Crippen molar-refractivity contribution >= 4 is 45.7 Å². The molecule has 3 aromatic rings. The van der Waals surface area contributed by atoms with E-state index >= 15 is 0 Å². The van der Waals surface area contributed by atoms with Crippen LogP contribution in [0.3, 0.4) is 0 Å². The van der Waals surface area contributed by atoms with Crippen molar-refractivity contribution in [2.24, 2.45) is 0 Å². The van der Waals surface area contributed by atoms with Crippen LogP contribution < -0.4 is 10.6 Å². The van der Waals surface area contributed by atoms with Gasteiger partial charge in [0.25, 0.3) is 0 Å². The number of nitrogens with one attached hydrogen (secondary N) is 2. The maximum Gasteiger partial charge on any atom is 0.234 e. The third-order valence-electron chi connectivity index (χ3n) is 3.59. The summed E-state index contributed by atoms with van der Waals surface area (Å²) in [6.45, 7) is 1.98. The van der Waals surface area contributed by atoms with E-state index in [0.717, 1.165) is 11.3 Å². The lowest BCUT2D eigenvalue weighted by Gasteiger charge is -2.04. The molecule has 144 valence electrons. The van der Waals surface area contributed by atoms with Crippen molar-refractivity contribution in [3.05, 3.63) is 65.5 Å². The molecule has 1 heterocycles. The Bertz CT molecular complexity index is 959. The number of anilines is 2. The van der Waals surface area contributed by atoms with Crippen LogP contribution in [0.15, 0.2) is 52.9 Å². The van der Waals surface area contributed by atoms with E-state index in [-0.39, 0.29) is 29.8 Å². The number of hydrogen-bond acceptors (Lipinski definition) is 6. The van der Waals surface area contributed by atoms with Gasteiger partial charge in [-0.15, -0.1) is 10.2 Å². The predicted molar refractivity (Wildman–Crippen MR) is 109 cm³/mol. The standard InChI is InChI=1S/C19H17FN4O2S2/c1-12-2-8-15(9-3-12)21-17(26)11-27-19-24-23-18(28-19)22-16(25)10-13-4-6-14(20)7-5-13/h2-9H,10-11H2,1H3,(H,21,26)(H,22,23,25). The van der Waals surface area contributed by atoms with Gasteiger partial charge in [-0.3, -0.25) is 9.59 Å². The Morgan fingerprint density at radius 1 is 1.00 bits per heavy atom. The highest BCUT2D eigenvalue weighted by Crippen LogP contribution is 2.25. The molecule has 1 aromatic heterocycles. The molecule has 3 rings (SSSR count). The first-order valence-corrected chi connectivity index (χ1v) is 10.2. The summed E-state index contributed by atoms with van der Waals surface area (Å²) in [7, 11) is 0. The highest BCUT2D eigenvalue weighted by atomic mass is 32.2. The quantitative estimate of drug-likeness (QED) is 0.451. The number of carbonyl (C=O) groups is 2. The van der Waals surface area contributed by atoms with Crippen LogP contribution in [0.1, 0.15) is 11.1 Å². The van der Waals surface area contributed by atoms with E-state index in [1.54, 1.807) is 12.1 Å². The molecule has 0 radical (unpaired) electrons. The molecular weight excluding hydrogens is 399 g/mol. The summed E-state index contributed by atoms with van der Waals surface area (Å²) in [5.41, 5.74) is 2.56. The average molecular weight is 417 g/mol. The van der Waals surface area contributed by atoms with E-state index in [1.807, 2.05) is 31.2 Å². The SMILES string of the molecule is Cc1ccc(NC(=O)CSc2nnc(NC(=O)Cc3ccc(F)cc3)s2)cc1. The van der Waals surface area contributed by atoms with E-state index in [4.69, 9.17) is 0 Å². The smallest absolute Gasteiger partial charge is 0.234 e. The van der Waals surface area contributed by atoms with Gasteiger partial charge >= 0.3 is 0 Å². The summed E-state index contributed by atoms with van der Waals surface area (Å²) in [6, 6.07) is 13.3. The van der Waals surface area contributed by atoms with Crippen molar-refractivity contribution in [2.45, 2.75) is 17.7 Å². The Morgan fingerprint density at radius 3 is 2.43 bits per heavy atom. The highest BCUT2D eigenvalue weighted by molar-refractivity contribution is 8.01. The maximum atomic E-state index is 12.9. The van der Waals surface area contributed by atoms with Crippen LogP contribution in [0.2, 0.25) is 0 Å². The summed E-state index contributed by atoms with van der Waals surface area (Å²) < 4.78 is 13.5. The van der Waals surface area contributed by atoms with E-state index in [9.17, 15) is 14.0 Å². The molecule has 0 spiro atoms. The molecule has 0 aliphatic heterocycles. The molecule has 6 nitrogen and oxygen atoms in total. The topological polar surface area (TPSA) is 84.0 Å². The Morgan fingerprint density at radius 2 is 1.71 bits per heavy atom. The largest absolute Gasteiger partial charge is 0.325 e. The molecule has 28 heavy (non-hydrogen) atoms. The van der Waals surface area contributed by atoms with E-state index < -0.39 is 0 Å². The van der Waals surface area contributed by atoms with Gasteiger partial charge in [0.2, 0.25) is 16.9 Å². The summed E-state index contributed by atoms with van der Waals surface area (Å²) in [5, 5.41) is 13.7. The van der Waals surface area contributed by atoms with Crippen molar-refractivity contribution in [1.82, 2.24) is 10.2 Å². The average Bonchev–Trinajstić information content (AvgIpc) is 3.11. The van der Waals surface area contributed by atoms with Crippen molar-refractivity contribution in [2.75, 3.05) is 16.4 Å². The van der Waals surface area contributed by atoms with Crippen LogP contribution in [0, 0.1) is 12.7 Å². The number of rotatable bonds is 7. The zero-order valence-electron chi connectivity index (χ0n) is 14.9. The summed E-state index contributed by atoms with van der Waals surface area (Å²) in [5.74, 6) is -0.574. The second-order valence-electron chi connectivity index (χ2n) is 5.93. The lowest BCUT2D eigenvalue weighted by molar-refractivity contribution is -0.115. The van der Waals surface area contributed by atoms with E-state index in [2.05, 4.69) is 20.8 Å². The van der Waals surface area contributed by atoms with Crippen LogP contribution in [-0.2, 0) is 16.0 Å². The first-order valence-electron chi connectivity index (χ1n) is 8.35. The van der Waals surface area contributed by atoms with Crippen molar-refractivity contribution in [3.8, 4) is 0 Å². The highest BCUT2D eigenvalue weighted by Gasteiger charge is 2.11. The number of nitrogens with zero attached hydrogens (tertiary/aromatic N) is 2. The van der Waals surface area contributed by atoms with Gasteiger partial charge in [0.15, 0.2) is 4.34 Å². The van der Waals surface area contributed by atoms with Crippen LogP contribution in [-0.4, -0.2) is 27.8 Å². The minimum atomic E-state index is -0.346. The van der Waals surface area contributed by atoms with Crippen molar-refractivity contribution < 1.29 is 14.0 Å². The third kappa shape index (κ3) is 6.14. The Balaban J connectivity index is 1.45. The molecule has 0 aliphatic rings. The van der Waals surface area contributed by atoms with Gasteiger partial charge < -0.3 is 10.6 Å². The van der Waals surface area contributed by atoms with Crippen LogP contribution >= 0.6 is 23.1 Å². The molecule has 9 heteroatoms. The molecule has 2 aromatic carbocycles. The lowest BCUT2D eigenvalue weighted by atomic mass is 10.1. The number of halogens is 1. The minimum absolute atomic E-state index is 0.112. The van der Waals surface area contributed by atoms with E-state index in [0.29, 0.717) is 15.0 Å². The monoisotopic (exact) mass is 416 g/mol. The molecule has 0 bridgehead atoms. The number of aryl methyl sites for hydroxylation is 1. The van der Waals surface area contributed by atoms with Gasteiger partial charge in [-0.1, -0.05) is 52.9 Å². The molecule has 0 atom stereocenters. The predicted octanol–water partition coefficient (Wildman–Crippen LogP) is 3.90. The van der Waals surface area contributed by atoms with Crippen LogP contribution in [0.4, 0.5) is 15.2 Å². The first kappa shape index (κ1) is 20.0. The van der Waals surface area contributed by atoms with Crippen LogP contribution in [0.25, 0.3) is 0 Å². The molecule has 2 N–H and O–H groups in total. The first-order chi connectivity index (χ1) is 13.5. The lowest BCUT2D eigenvalue weighted by Crippen LogP contribution is -2.14. The third-order valence-corrected chi connectivity index (χ3v) is 5.56. The molecule has 0 unspecified atom stereocenters. The zero-order chi connectivity index (χ0) is 19.9. The van der Waals surface area contributed by atoms with Gasteiger partial charge in [-0.05, 0) is 36.8 Å². The van der Waals surface area contributed by atoms with Crippen molar-refractivity contribution in [1.29, 1.82) is 0 Å². The zero-order valence-corrected chi connectivity index (χ0v) is 16.6. The Kier molecular flexibility index (Phi) is 6.72. The van der Waals surface area contributed by atoms with Crippen molar-refractivity contribution in [3.63, 3.8) is 0 Å². The van der Waals surface area contributed by atoms with Crippen LogP contribution in [0.5, 0.6) is 0 Å². The fraction of sp³-hybridized carbons (Fsp3) is 0.158. The number of thioether (sulfide) groups is 1. The normalized spacial score (nSPS) is 10.5. The summed E-state index contributed by atoms with van der Waals surface area (Å²) in [6.07, 6.45) is 0.112. The second-order valence-corrected chi connectivity index (χ2v) is 8.13. The molecule has 0 fully saturated rings. The Labute approximate surface area is 169 Å². The summed E-state index contributed by atoms with van der Waals surface area (Å²) in [4.78, 5) is 24.0. The fourth-order valence-electron chi connectivity index (χ4n) is 2.23. The molecule has 0 aliphatic carbocycles. The molecule has 0 saturated heterocycles. The number of hydrogen-bond donors (Lipinski definition) is 2. The number of aromatic nitrogens is 2. The van der Waals surface area contributed by atoms with E-state index in [1.165, 1.54) is 35.2 Å². The fourth-order valence-corrected chi connectivity index (χ4v) is 3.80. The number of carbonyl (C=O) groups excluding carboxylic acids is 2. The molecule has 0 saturated carbocycles. The second kappa shape index (κ2) is 9.43. The maximum absolute atomic E-state index is 12.9. The van der Waals surface area contributed by atoms with Gasteiger partial charge in [0, 0.05) is 5.69 Å². The Hall–Kier alpha value is -2.78. The molecular formula is C19H17FN4O2S2.